The Hall–Kier alpha value is -2.47. The number of alkyl halides is 2. The van der Waals surface area contributed by atoms with E-state index < -0.39 is 11.6 Å². The lowest BCUT2D eigenvalue weighted by Crippen LogP contribution is -2.24. The number of rotatable bonds is 4. The number of hydrogen-bond donors (Lipinski definition) is 1. The van der Waals surface area contributed by atoms with Gasteiger partial charge in [-0.15, -0.1) is 0 Å². The first kappa shape index (κ1) is 17.0. The van der Waals surface area contributed by atoms with Gasteiger partial charge < -0.3 is 5.32 Å². The van der Waals surface area contributed by atoms with E-state index in [4.69, 9.17) is 11.6 Å². The van der Waals surface area contributed by atoms with Gasteiger partial charge in [-0.2, -0.15) is 4.98 Å². The zero-order valence-corrected chi connectivity index (χ0v) is 14.7. The molecule has 3 aromatic rings. The van der Waals surface area contributed by atoms with Gasteiger partial charge in [0, 0.05) is 23.9 Å². The van der Waals surface area contributed by atoms with Crippen molar-refractivity contribution in [2.24, 2.45) is 0 Å². The second-order valence-electron chi connectivity index (χ2n) is 6.57. The van der Waals surface area contributed by atoms with Crippen LogP contribution in [0.15, 0.2) is 47.3 Å². The molecule has 1 aliphatic carbocycles. The van der Waals surface area contributed by atoms with Gasteiger partial charge in [0.15, 0.2) is 0 Å². The quantitative estimate of drug-likeness (QED) is 0.717. The topological polar surface area (TPSA) is 46.9 Å². The summed E-state index contributed by atoms with van der Waals surface area (Å²) in [6, 6.07) is 11.3. The second kappa shape index (κ2) is 6.06. The zero-order valence-electron chi connectivity index (χ0n) is 14.0. The zero-order chi connectivity index (χ0) is 18.5. The summed E-state index contributed by atoms with van der Waals surface area (Å²) < 4.78 is 29.0. The van der Waals surface area contributed by atoms with Gasteiger partial charge in [0.2, 0.25) is 0 Å². The normalized spacial score (nSPS) is 14.6. The van der Waals surface area contributed by atoms with E-state index in [0.717, 1.165) is 19.8 Å². The first-order valence-electron chi connectivity index (χ1n) is 8.31. The highest BCUT2D eigenvalue weighted by Gasteiger charge is 2.27. The van der Waals surface area contributed by atoms with Crippen LogP contribution in [0.1, 0.15) is 25.3 Å². The van der Waals surface area contributed by atoms with Crippen molar-refractivity contribution >= 4 is 28.3 Å². The largest absolute Gasteiger partial charge is 0.367 e. The molecule has 1 saturated carbocycles. The molecule has 1 fully saturated rings. The lowest BCUT2D eigenvalue weighted by atomic mass is 10.1. The molecular weight excluding hydrogens is 360 g/mol. The van der Waals surface area contributed by atoms with Gasteiger partial charge in [-0.1, -0.05) is 29.8 Å². The summed E-state index contributed by atoms with van der Waals surface area (Å²) in [5.74, 6) is -2.61. The van der Waals surface area contributed by atoms with Crippen molar-refractivity contribution < 1.29 is 8.78 Å². The number of fused-ring (bicyclic) bond motifs is 1. The summed E-state index contributed by atoms with van der Waals surface area (Å²) >= 11 is 6.24. The maximum Gasteiger partial charge on any atom is 0.354 e. The molecule has 4 rings (SSSR count). The molecule has 0 atom stereocenters. The molecule has 0 radical (unpaired) electrons. The van der Waals surface area contributed by atoms with Crippen LogP contribution in [0.4, 0.5) is 14.6 Å². The molecule has 134 valence electrons. The van der Waals surface area contributed by atoms with Gasteiger partial charge >= 0.3 is 5.69 Å². The van der Waals surface area contributed by atoms with Crippen LogP contribution in [-0.4, -0.2) is 15.6 Å². The van der Waals surface area contributed by atoms with E-state index >= 15 is 0 Å². The molecule has 7 heteroatoms. The molecular formula is C19H16ClF2N3O. The minimum Gasteiger partial charge on any atom is -0.367 e. The van der Waals surface area contributed by atoms with E-state index in [-0.39, 0.29) is 11.6 Å². The third-order valence-corrected chi connectivity index (χ3v) is 4.73. The number of anilines is 1. The van der Waals surface area contributed by atoms with Crippen molar-refractivity contribution in [3.8, 4) is 5.69 Å². The Morgan fingerprint density at radius 1 is 1.23 bits per heavy atom. The summed E-state index contributed by atoms with van der Waals surface area (Å²) in [5.41, 5.74) is 0.0191. The number of nitrogens with one attached hydrogen (secondary N) is 1. The Morgan fingerprint density at radius 3 is 2.62 bits per heavy atom. The van der Waals surface area contributed by atoms with E-state index in [1.54, 1.807) is 30.3 Å². The Morgan fingerprint density at radius 2 is 1.96 bits per heavy atom. The lowest BCUT2D eigenvalue weighted by molar-refractivity contribution is 0.0176. The average molecular weight is 376 g/mol. The Bertz CT molecular complexity index is 1050. The van der Waals surface area contributed by atoms with E-state index in [2.05, 4.69) is 10.3 Å². The molecule has 0 saturated heterocycles. The van der Waals surface area contributed by atoms with Crippen LogP contribution in [0.25, 0.3) is 16.6 Å². The van der Waals surface area contributed by atoms with Crippen LogP contribution in [0.3, 0.4) is 0 Å². The molecule has 4 nitrogen and oxygen atoms in total. The molecule has 0 amide bonds. The monoisotopic (exact) mass is 375 g/mol. The standard InChI is InChI=1S/C19H16ClF2N3O/c1-19(21,22)11-6-9-13-16(10-11)25(15-5-3-2-4-14(15)20)18(26)24-17(13)23-12-7-8-12/h2-6,9-10,12H,7-8H2,1H3,(H,23,24,26). The third kappa shape index (κ3) is 3.05. The van der Waals surface area contributed by atoms with Gasteiger partial charge in [0.1, 0.15) is 5.82 Å². The van der Waals surface area contributed by atoms with Gasteiger partial charge in [-0.25, -0.2) is 13.6 Å². The van der Waals surface area contributed by atoms with Gasteiger partial charge in [0.25, 0.3) is 5.92 Å². The molecule has 26 heavy (non-hydrogen) atoms. The summed E-state index contributed by atoms with van der Waals surface area (Å²) in [7, 11) is 0. The molecule has 0 aliphatic heterocycles. The molecule has 1 aromatic heterocycles. The van der Waals surface area contributed by atoms with Crippen molar-refractivity contribution in [2.45, 2.75) is 31.7 Å². The molecule has 0 unspecified atom stereocenters. The fraction of sp³-hybridized carbons (Fsp3) is 0.263. The highest BCUT2D eigenvalue weighted by atomic mass is 35.5. The molecule has 0 bridgehead atoms. The highest BCUT2D eigenvalue weighted by Crippen LogP contribution is 2.34. The van der Waals surface area contributed by atoms with Gasteiger partial charge in [-0.3, -0.25) is 4.57 Å². The van der Waals surface area contributed by atoms with Crippen LogP contribution in [0.2, 0.25) is 5.02 Å². The fourth-order valence-corrected chi connectivity index (χ4v) is 3.12. The number of halogens is 3. The summed E-state index contributed by atoms with van der Waals surface area (Å²) in [5, 5.41) is 4.15. The van der Waals surface area contributed by atoms with Crippen LogP contribution in [0.5, 0.6) is 0 Å². The lowest BCUT2D eigenvalue weighted by Gasteiger charge is -2.17. The van der Waals surface area contributed by atoms with Crippen LogP contribution < -0.4 is 11.0 Å². The molecule has 1 N–H and O–H groups in total. The van der Waals surface area contributed by atoms with Crippen LogP contribution in [0, 0.1) is 0 Å². The van der Waals surface area contributed by atoms with Crippen molar-refractivity contribution in [3.63, 3.8) is 0 Å². The second-order valence-corrected chi connectivity index (χ2v) is 6.98. The Balaban J connectivity index is 2.05. The van der Waals surface area contributed by atoms with E-state index in [9.17, 15) is 13.6 Å². The third-order valence-electron chi connectivity index (χ3n) is 4.41. The van der Waals surface area contributed by atoms with Crippen molar-refractivity contribution in [3.05, 3.63) is 63.5 Å². The smallest absolute Gasteiger partial charge is 0.354 e. The Labute approximate surface area is 153 Å². The van der Waals surface area contributed by atoms with E-state index in [1.807, 2.05) is 0 Å². The molecule has 2 aromatic carbocycles. The minimum atomic E-state index is -3.02. The maximum absolute atomic E-state index is 13.9. The summed E-state index contributed by atoms with van der Waals surface area (Å²) in [4.78, 5) is 16.9. The number of benzene rings is 2. The van der Waals surface area contributed by atoms with Crippen molar-refractivity contribution in [2.75, 3.05) is 5.32 Å². The first-order valence-corrected chi connectivity index (χ1v) is 8.69. The van der Waals surface area contributed by atoms with E-state index in [0.29, 0.717) is 27.4 Å². The predicted molar refractivity (Wildman–Crippen MR) is 98.6 cm³/mol. The maximum atomic E-state index is 13.9. The first-order chi connectivity index (χ1) is 12.3. The summed E-state index contributed by atoms with van der Waals surface area (Å²) in [6.45, 7) is 0.830. The SMILES string of the molecule is CC(F)(F)c1ccc2c(NC3CC3)nc(=O)n(-c3ccccc3Cl)c2c1. The number of nitrogens with zero attached hydrogens (tertiary/aromatic N) is 2. The van der Waals surface area contributed by atoms with E-state index in [1.165, 1.54) is 16.7 Å². The predicted octanol–water partition coefficient (Wildman–Crippen LogP) is 4.73. The number of aromatic nitrogens is 2. The fourth-order valence-electron chi connectivity index (χ4n) is 2.90. The molecule has 1 heterocycles. The number of para-hydroxylation sites is 1. The minimum absolute atomic E-state index is 0.172. The van der Waals surface area contributed by atoms with Gasteiger partial charge in [0.05, 0.1) is 16.2 Å². The molecule has 0 spiro atoms. The van der Waals surface area contributed by atoms with Crippen molar-refractivity contribution in [1.29, 1.82) is 0 Å². The molecule has 1 aliphatic rings. The number of hydrogen-bond acceptors (Lipinski definition) is 3. The van der Waals surface area contributed by atoms with Crippen LogP contribution >= 0.6 is 11.6 Å². The summed E-state index contributed by atoms with van der Waals surface area (Å²) in [6.07, 6.45) is 2.00. The average Bonchev–Trinajstić information content (AvgIpc) is 3.39. The Kier molecular flexibility index (Phi) is 3.95. The van der Waals surface area contributed by atoms with Crippen molar-refractivity contribution in [1.82, 2.24) is 9.55 Å². The highest BCUT2D eigenvalue weighted by molar-refractivity contribution is 6.32. The van der Waals surface area contributed by atoms with Crippen LogP contribution in [-0.2, 0) is 5.92 Å². The van der Waals surface area contributed by atoms with Gasteiger partial charge in [-0.05, 0) is 37.1 Å².